The van der Waals surface area contributed by atoms with E-state index in [2.05, 4.69) is 4.90 Å². The van der Waals surface area contributed by atoms with Crippen molar-refractivity contribution in [3.05, 3.63) is 75.8 Å². The Morgan fingerprint density at radius 1 is 1.00 bits per heavy atom. The third-order valence-corrected chi connectivity index (χ3v) is 5.54. The number of carbonyl (C=O) groups is 1. The summed E-state index contributed by atoms with van der Waals surface area (Å²) >= 11 is 0. The first-order chi connectivity index (χ1) is 14.0. The Bertz CT molecular complexity index is 1100. The van der Waals surface area contributed by atoms with E-state index in [4.69, 9.17) is 5.73 Å². The number of hydrogen-bond acceptors (Lipinski definition) is 3. The molecule has 0 unspecified atom stereocenters. The van der Waals surface area contributed by atoms with Gasteiger partial charge in [0.25, 0.3) is 5.91 Å². The molecule has 1 aromatic heterocycles. The van der Waals surface area contributed by atoms with Gasteiger partial charge in [0.2, 0.25) is 5.43 Å². The second-order valence-electron chi connectivity index (χ2n) is 7.62. The van der Waals surface area contributed by atoms with Crippen LogP contribution in [0, 0.1) is 5.82 Å². The molecule has 1 saturated heterocycles. The van der Waals surface area contributed by atoms with E-state index in [0.717, 1.165) is 25.2 Å². The van der Waals surface area contributed by atoms with Crippen molar-refractivity contribution < 1.29 is 9.18 Å². The van der Waals surface area contributed by atoms with E-state index >= 15 is 0 Å². The monoisotopic (exact) mass is 393 g/mol. The van der Waals surface area contributed by atoms with E-state index in [1.54, 1.807) is 16.7 Å². The number of aromatic nitrogens is 1. The number of primary amides is 1. The van der Waals surface area contributed by atoms with Gasteiger partial charge in [-0.3, -0.25) is 14.5 Å². The maximum atomic E-state index is 13.4. The highest BCUT2D eigenvalue weighted by Crippen LogP contribution is 2.21. The standard InChI is InChI=1S/C23H24FN3O2/c24-17-6-8-18(9-7-17)27-15-20(23(25)29)22(28)19-13-16(5-10-21(19)27)14-26-11-3-1-2-4-12-26/h5-10,13,15H,1-4,11-12,14H2,(H2,25,29). The molecule has 0 radical (unpaired) electrons. The van der Waals surface area contributed by atoms with Gasteiger partial charge in [0, 0.05) is 23.8 Å². The number of likely N-dealkylation sites (tertiary alicyclic amines) is 1. The fourth-order valence-electron chi connectivity index (χ4n) is 4.02. The van der Waals surface area contributed by atoms with Crippen molar-refractivity contribution in [2.45, 2.75) is 32.2 Å². The van der Waals surface area contributed by atoms with Crippen LogP contribution in [-0.2, 0) is 6.54 Å². The number of rotatable bonds is 4. The number of halogens is 1. The van der Waals surface area contributed by atoms with E-state index in [1.165, 1.54) is 44.0 Å². The molecular formula is C23H24FN3O2. The van der Waals surface area contributed by atoms with Gasteiger partial charge in [0.15, 0.2) is 0 Å². The Morgan fingerprint density at radius 2 is 1.69 bits per heavy atom. The summed E-state index contributed by atoms with van der Waals surface area (Å²) in [7, 11) is 0. The molecule has 0 bridgehead atoms. The fourth-order valence-corrected chi connectivity index (χ4v) is 4.02. The lowest BCUT2D eigenvalue weighted by Crippen LogP contribution is -2.25. The van der Waals surface area contributed by atoms with Crippen LogP contribution in [0.4, 0.5) is 4.39 Å². The maximum absolute atomic E-state index is 13.4. The lowest BCUT2D eigenvalue weighted by Gasteiger charge is -2.20. The Balaban J connectivity index is 1.82. The number of carbonyl (C=O) groups excluding carboxylic acids is 1. The third kappa shape index (κ3) is 4.07. The quantitative estimate of drug-likeness (QED) is 0.736. The zero-order valence-corrected chi connectivity index (χ0v) is 16.2. The number of pyridine rings is 1. The molecule has 1 aliphatic heterocycles. The van der Waals surface area contributed by atoms with Crippen LogP contribution in [0.3, 0.4) is 0 Å². The zero-order valence-electron chi connectivity index (χ0n) is 16.2. The Kier molecular flexibility index (Phi) is 5.45. The van der Waals surface area contributed by atoms with Crippen molar-refractivity contribution in [2.24, 2.45) is 5.73 Å². The van der Waals surface area contributed by atoms with Gasteiger partial charge in [-0.05, 0) is 67.9 Å². The van der Waals surface area contributed by atoms with Gasteiger partial charge in [-0.25, -0.2) is 4.39 Å². The molecule has 1 fully saturated rings. The van der Waals surface area contributed by atoms with Crippen molar-refractivity contribution in [2.75, 3.05) is 13.1 Å². The summed E-state index contributed by atoms with van der Waals surface area (Å²) in [6.07, 6.45) is 6.35. The van der Waals surface area contributed by atoms with Crippen molar-refractivity contribution in [1.29, 1.82) is 0 Å². The van der Waals surface area contributed by atoms with Gasteiger partial charge in [0.1, 0.15) is 11.4 Å². The molecule has 2 heterocycles. The molecule has 1 aliphatic rings. The van der Waals surface area contributed by atoms with E-state index in [9.17, 15) is 14.0 Å². The van der Waals surface area contributed by atoms with Crippen LogP contribution >= 0.6 is 0 Å². The molecule has 2 N–H and O–H groups in total. The first-order valence-corrected chi connectivity index (χ1v) is 9.99. The lowest BCUT2D eigenvalue weighted by molar-refractivity contribution is 0.0999. The lowest BCUT2D eigenvalue weighted by atomic mass is 10.1. The molecule has 0 atom stereocenters. The molecule has 0 saturated carbocycles. The van der Waals surface area contributed by atoms with Gasteiger partial charge in [-0.1, -0.05) is 18.9 Å². The average Bonchev–Trinajstić information content (AvgIpc) is 2.98. The predicted molar refractivity (Wildman–Crippen MR) is 112 cm³/mol. The molecule has 150 valence electrons. The summed E-state index contributed by atoms with van der Waals surface area (Å²) < 4.78 is 15.1. The minimum absolute atomic E-state index is 0.0752. The predicted octanol–water partition coefficient (Wildman–Crippen LogP) is 3.60. The number of fused-ring (bicyclic) bond motifs is 1. The highest BCUT2D eigenvalue weighted by atomic mass is 19.1. The van der Waals surface area contributed by atoms with Gasteiger partial charge in [-0.15, -0.1) is 0 Å². The van der Waals surface area contributed by atoms with Gasteiger partial charge >= 0.3 is 0 Å². The summed E-state index contributed by atoms with van der Waals surface area (Å²) in [5.41, 5.74) is 7.36. The normalized spacial score (nSPS) is 15.3. The SMILES string of the molecule is NC(=O)c1cn(-c2ccc(F)cc2)c2ccc(CN3CCCCCC3)cc2c1=O. The summed E-state index contributed by atoms with van der Waals surface area (Å²) in [6.45, 7) is 2.88. The van der Waals surface area contributed by atoms with Crippen LogP contribution in [0.2, 0.25) is 0 Å². The van der Waals surface area contributed by atoms with Crippen molar-refractivity contribution in [3.8, 4) is 5.69 Å². The number of benzene rings is 2. The Labute approximate surface area is 168 Å². The average molecular weight is 393 g/mol. The van der Waals surface area contributed by atoms with Crippen LogP contribution in [0.5, 0.6) is 0 Å². The molecule has 0 aliphatic carbocycles. The van der Waals surface area contributed by atoms with Crippen LogP contribution in [-0.4, -0.2) is 28.5 Å². The van der Waals surface area contributed by atoms with E-state index in [0.29, 0.717) is 16.6 Å². The maximum Gasteiger partial charge on any atom is 0.254 e. The zero-order chi connectivity index (χ0) is 20.4. The number of amides is 1. The highest BCUT2D eigenvalue weighted by molar-refractivity contribution is 5.96. The van der Waals surface area contributed by atoms with Crippen molar-refractivity contribution in [3.63, 3.8) is 0 Å². The fraction of sp³-hybridized carbons (Fsp3) is 0.304. The summed E-state index contributed by atoms with van der Waals surface area (Å²) in [5.74, 6) is -1.13. The summed E-state index contributed by atoms with van der Waals surface area (Å²) in [5, 5.41) is 0.443. The van der Waals surface area contributed by atoms with Crippen LogP contribution in [0.1, 0.15) is 41.6 Å². The number of nitrogens with zero attached hydrogens (tertiary/aromatic N) is 2. The second kappa shape index (κ2) is 8.17. The van der Waals surface area contributed by atoms with Crippen LogP contribution in [0.15, 0.2) is 53.5 Å². The largest absolute Gasteiger partial charge is 0.365 e. The molecular weight excluding hydrogens is 369 g/mol. The topological polar surface area (TPSA) is 68.3 Å². The van der Waals surface area contributed by atoms with E-state index in [1.807, 2.05) is 18.2 Å². The van der Waals surface area contributed by atoms with Crippen molar-refractivity contribution in [1.82, 2.24) is 9.47 Å². The molecule has 0 spiro atoms. The molecule has 5 nitrogen and oxygen atoms in total. The first-order valence-electron chi connectivity index (χ1n) is 9.99. The minimum atomic E-state index is -0.773. The molecule has 3 aromatic rings. The minimum Gasteiger partial charge on any atom is -0.365 e. The van der Waals surface area contributed by atoms with Gasteiger partial charge in [-0.2, -0.15) is 0 Å². The Hall–Kier alpha value is -2.99. The molecule has 4 rings (SSSR count). The van der Waals surface area contributed by atoms with Gasteiger partial charge < -0.3 is 10.3 Å². The number of hydrogen-bond donors (Lipinski definition) is 1. The summed E-state index contributed by atoms with van der Waals surface area (Å²) in [4.78, 5) is 27.2. The van der Waals surface area contributed by atoms with Crippen LogP contribution in [0.25, 0.3) is 16.6 Å². The summed E-state index contributed by atoms with van der Waals surface area (Å²) in [6, 6.07) is 11.7. The van der Waals surface area contributed by atoms with Gasteiger partial charge in [0.05, 0.1) is 5.52 Å². The Morgan fingerprint density at radius 3 is 2.34 bits per heavy atom. The van der Waals surface area contributed by atoms with E-state index < -0.39 is 5.91 Å². The number of nitrogens with two attached hydrogens (primary N) is 1. The van der Waals surface area contributed by atoms with E-state index in [-0.39, 0.29) is 16.8 Å². The first kappa shape index (κ1) is 19.3. The smallest absolute Gasteiger partial charge is 0.254 e. The molecule has 1 amide bonds. The van der Waals surface area contributed by atoms with Crippen LogP contribution < -0.4 is 11.2 Å². The highest BCUT2D eigenvalue weighted by Gasteiger charge is 2.16. The van der Waals surface area contributed by atoms with Crippen molar-refractivity contribution >= 4 is 16.8 Å². The molecule has 6 heteroatoms. The third-order valence-electron chi connectivity index (χ3n) is 5.54. The molecule has 29 heavy (non-hydrogen) atoms. The molecule has 2 aromatic carbocycles. The second-order valence-corrected chi connectivity index (χ2v) is 7.62.